The standard InChI is InChI=1S/C21H20N4O2.C19H17N5O.C19H16N4O2.C18H24BNO4.C9H8ClN3.C8H4Cl2N2.CH5N/c1-4-27-21(26)20-10-14-9-13(5-6-19(14)25(20)3)17-11-18(22-2)15-12-23-8-7-16(15)24-17;1-21-16-9-15(23-14-5-6-22-10-13(14)16)11-3-4-17-12(7-11)8-18(19(20)25)24(17)2;1-20-16-9-15(22-14-5-6-21-10-13(14)16)11-3-4-17-12(7-11)8-18(19(24)25)23(17)2;1-7-22-16(21)15-11-12-10-13(8-9-14(12)20(15)6)19-23-17(2,3)18(4,5)24-19;1-11-8-4-9(10)13-7-2-3-12-5-6(7)8;9-6-3-8(10)12-7-1-2-11-4-5(6)7;1-2/h5-12H,4H2,1-3H3,(H,22,24);3-10H,1-2H3,(H2,20,25)(H,21,23);3-10H,1-2H3,(H,20,22)(H,24,25);8-11H,7H2,1-6H3;2-5H,1H3,(H,11,13);1-4H;2H2,1H3. The average molecular weight is 1780 g/mol. The van der Waals surface area contributed by atoms with E-state index >= 15 is 0 Å². The Morgan fingerprint density at radius 2 is 0.711 bits per heavy atom. The van der Waals surface area contributed by atoms with Crippen LogP contribution >= 0.6 is 34.8 Å². The number of esters is 2. The highest BCUT2D eigenvalue weighted by atomic mass is 35.5. The van der Waals surface area contributed by atoms with E-state index in [1.165, 1.54) is 7.05 Å². The first-order valence-corrected chi connectivity index (χ1v) is 41.8. The van der Waals surface area contributed by atoms with Crippen LogP contribution in [0.2, 0.25) is 15.3 Å². The fourth-order valence-electron chi connectivity index (χ4n) is 14.8. The van der Waals surface area contributed by atoms with Crippen molar-refractivity contribution in [3.8, 4) is 33.8 Å². The van der Waals surface area contributed by atoms with Gasteiger partial charge in [0.15, 0.2) is 0 Å². The second kappa shape index (κ2) is 39.5. The van der Waals surface area contributed by atoms with Crippen LogP contribution in [0.5, 0.6) is 0 Å². The number of carboxylic acids is 1. The number of carbonyl (C=O) groups excluding carboxylic acids is 3. The monoisotopic (exact) mass is 1770 g/mol. The fraction of sp³-hybridized carbons (Fsp3) is 0.200. The third-order valence-corrected chi connectivity index (χ3v) is 22.8. The highest BCUT2D eigenvalue weighted by Crippen LogP contribution is 2.39. The van der Waals surface area contributed by atoms with Crippen LogP contribution in [-0.4, -0.2) is 164 Å². The lowest BCUT2D eigenvalue weighted by molar-refractivity contribution is 0.00578. The van der Waals surface area contributed by atoms with Gasteiger partial charge in [0.05, 0.1) is 74.1 Å². The molecule has 1 saturated heterocycles. The molecule has 0 aliphatic carbocycles. The average Bonchev–Trinajstić information content (AvgIpc) is 1.53. The lowest BCUT2D eigenvalue weighted by Crippen LogP contribution is -2.41. The van der Waals surface area contributed by atoms with Crippen molar-refractivity contribution in [2.75, 3.05) is 69.7 Å². The number of primary amides is 1. The lowest BCUT2D eigenvalue weighted by atomic mass is 9.78. The Balaban J connectivity index is 0.000000133. The molecule has 0 radical (unpaired) electrons. The molecule has 1 aliphatic rings. The van der Waals surface area contributed by atoms with Gasteiger partial charge in [0.2, 0.25) is 0 Å². The maximum absolute atomic E-state index is 12.2. The number of aryl methyl sites for hydroxylation is 4. The summed E-state index contributed by atoms with van der Waals surface area (Å²) in [7, 11) is 15.9. The summed E-state index contributed by atoms with van der Waals surface area (Å²) >= 11 is 17.4. The van der Waals surface area contributed by atoms with E-state index in [4.69, 9.17) is 74.3 Å². The number of rotatable bonds is 14. The van der Waals surface area contributed by atoms with Crippen LogP contribution in [0.4, 0.5) is 22.7 Å². The van der Waals surface area contributed by atoms with Crippen molar-refractivity contribution in [1.29, 1.82) is 0 Å². The van der Waals surface area contributed by atoms with E-state index in [-0.39, 0.29) is 28.8 Å². The van der Waals surface area contributed by atoms with Crippen LogP contribution in [-0.2, 0) is 47.0 Å². The second-order valence-electron chi connectivity index (χ2n) is 30.2. The Morgan fingerprint density at radius 3 is 1.07 bits per heavy atom. The molecule has 0 unspecified atom stereocenters. The quantitative estimate of drug-likeness (QED) is 0.0302. The highest BCUT2D eigenvalue weighted by molar-refractivity contribution is 6.62. The summed E-state index contributed by atoms with van der Waals surface area (Å²) in [5, 5.41) is 31.9. The summed E-state index contributed by atoms with van der Waals surface area (Å²) in [6, 6.07) is 49.8. The number of nitrogens with two attached hydrogens (primary N) is 2. The molecule has 1 amide bonds. The van der Waals surface area contributed by atoms with E-state index in [0.29, 0.717) is 45.6 Å². The largest absolute Gasteiger partial charge is 0.494 e. The number of nitrogens with zero attached hydrogens (tertiary/aromatic N) is 14. The smallest absolute Gasteiger partial charge is 0.477 e. The number of anilines is 4. The number of carbonyl (C=O) groups is 4. The Labute approximate surface area is 752 Å². The van der Waals surface area contributed by atoms with Gasteiger partial charge in [-0.15, -0.1) is 0 Å². The van der Waals surface area contributed by atoms with Crippen molar-refractivity contribution >= 4 is 192 Å². The first-order valence-electron chi connectivity index (χ1n) is 40.6. The topological polar surface area (TPSA) is 374 Å². The molecule has 1 fully saturated rings. The molecule has 0 bridgehead atoms. The van der Waals surface area contributed by atoms with Gasteiger partial charge >= 0.3 is 25.0 Å². The van der Waals surface area contributed by atoms with Crippen molar-refractivity contribution in [3.63, 3.8) is 0 Å². The zero-order valence-corrected chi connectivity index (χ0v) is 75.3. The minimum atomic E-state index is -0.936. The fourth-order valence-corrected chi connectivity index (χ4v) is 15.5. The Bertz CT molecular complexity index is 7050. The number of aromatic carboxylic acids is 1. The van der Waals surface area contributed by atoms with Gasteiger partial charge in [-0.2, -0.15) is 0 Å². The summed E-state index contributed by atoms with van der Waals surface area (Å²) < 4.78 is 29.7. The number of hydrogen-bond donors (Lipinski definition) is 7. The SMILES string of the molecule is CCOC(=O)c1cc2cc(-c3cc(NC)c4cnccc4n3)ccc2n1C.CCOC(=O)c1cc2cc(B3OC(C)(C)C(C)(C)O3)ccc2n1C.CN.CNc1cc(-c2ccc3c(c2)cc(C(=O)O)n3C)nc2ccncc12.CNc1cc(-c2ccc3c(c2)cc(C(N)=O)n3C)nc2ccncc12.CNc1cc(Cl)nc2ccncc12.Clc1cc(Cl)c2cnccc2n1. The van der Waals surface area contributed by atoms with E-state index in [0.717, 1.165) is 160 Å². The highest BCUT2D eigenvalue weighted by Gasteiger charge is 2.52. The van der Waals surface area contributed by atoms with Crippen molar-refractivity contribution in [1.82, 2.24) is 68.1 Å². The first-order chi connectivity index (χ1) is 61.5. The molecule has 0 atom stereocenters. The molecule has 652 valence electrons. The van der Waals surface area contributed by atoms with E-state index in [1.54, 1.807) is 110 Å². The normalized spacial score (nSPS) is 12.3. The number of carboxylic acid groups (broad SMARTS) is 1. The lowest BCUT2D eigenvalue weighted by Gasteiger charge is -2.32. The molecule has 18 aromatic rings. The Morgan fingerprint density at radius 1 is 0.406 bits per heavy atom. The van der Waals surface area contributed by atoms with Crippen molar-refractivity contribution in [2.24, 2.45) is 39.7 Å². The number of ether oxygens (including phenoxy) is 2. The summed E-state index contributed by atoms with van der Waals surface area (Å²) in [5.74, 6) is -2.00. The van der Waals surface area contributed by atoms with Gasteiger partial charge in [-0.1, -0.05) is 65.1 Å². The predicted molar refractivity (Wildman–Crippen MR) is 513 cm³/mol. The molecule has 19 rings (SSSR count). The zero-order chi connectivity index (χ0) is 91.6. The maximum atomic E-state index is 12.2. The molecule has 0 saturated carbocycles. The van der Waals surface area contributed by atoms with E-state index in [2.05, 4.69) is 61.9 Å². The molecular formula is C95H94BCl3N20O9. The maximum Gasteiger partial charge on any atom is 0.494 e. The molecule has 33 heteroatoms. The van der Waals surface area contributed by atoms with Gasteiger partial charge in [0.25, 0.3) is 5.91 Å². The molecule has 14 aromatic heterocycles. The number of hydrogen-bond acceptors (Lipinski definition) is 23. The minimum absolute atomic E-state index is 0.264. The van der Waals surface area contributed by atoms with Crippen LogP contribution in [0.25, 0.3) is 132 Å². The van der Waals surface area contributed by atoms with Crippen LogP contribution < -0.4 is 38.2 Å². The molecule has 15 heterocycles. The number of fused-ring (bicyclic) bond motifs is 9. The van der Waals surface area contributed by atoms with Gasteiger partial charge in [-0.3, -0.25) is 29.7 Å². The van der Waals surface area contributed by atoms with Crippen molar-refractivity contribution < 1.29 is 43.1 Å². The number of nitrogens with one attached hydrogen (secondary N) is 4. The third-order valence-electron chi connectivity index (χ3n) is 22.1. The van der Waals surface area contributed by atoms with Gasteiger partial charge in [-0.05, 0) is 181 Å². The molecule has 9 N–H and O–H groups in total. The van der Waals surface area contributed by atoms with Gasteiger partial charge in [0.1, 0.15) is 33.1 Å². The molecule has 4 aromatic carbocycles. The summed E-state index contributed by atoms with van der Waals surface area (Å²) in [4.78, 5) is 90.0. The third kappa shape index (κ3) is 19.4. The number of halogens is 3. The van der Waals surface area contributed by atoms with Gasteiger partial charge < -0.3 is 74.9 Å². The predicted octanol–water partition coefficient (Wildman–Crippen LogP) is 18.0. The molecule has 1 aliphatic heterocycles. The van der Waals surface area contributed by atoms with Crippen LogP contribution in [0.1, 0.15) is 83.5 Å². The van der Waals surface area contributed by atoms with E-state index in [1.807, 2.05) is 226 Å². The number of amides is 1. The van der Waals surface area contributed by atoms with Crippen molar-refractivity contribution in [3.05, 3.63) is 258 Å². The number of aromatic nitrogens is 14. The second-order valence-corrected chi connectivity index (χ2v) is 31.4. The Hall–Kier alpha value is -14.3. The minimum Gasteiger partial charge on any atom is -0.477 e. The van der Waals surface area contributed by atoms with E-state index < -0.39 is 19.0 Å². The Kier molecular flexibility index (Phi) is 28.2. The number of pyridine rings is 10. The summed E-state index contributed by atoms with van der Waals surface area (Å²) in [5.41, 5.74) is 29.3. The molecular weight excluding hydrogens is 1680 g/mol. The van der Waals surface area contributed by atoms with Crippen LogP contribution in [0.15, 0.2) is 220 Å². The molecule has 0 spiro atoms. The summed E-state index contributed by atoms with van der Waals surface area (Å²) in [6.45, 7) is 12.5. The zero-order valence-electron chi connectivity index (χ0n) is 73.0. The number of benzene rings is 4. The summed E-state index contributed by atoms with van der Waals surface area (Å²) in [6.07, 6.45) is 17.4. The van der Waals surface area contributed by atoms with Crippen LogP contribution in [0, 0.1) is 0 Å². The molecule has 29 nitrogen and oxygen atoms in total. The van der Waals surface area contributed by atoms with Crippen LogP contribution in [0.3, 0.4) is 0 Å². The van der Waals surface area contributed by atoms with E-state index in [9.17, 15) is 24.3 Å². The molecule has 128 heavy (non-hydrogen) atoms. The van der Waals surface area contributed by atoms with Crippen molar-refractivity contribution in [2.45, 2.75) is 52.7 Å². The van der Waals surface area contributed by atoms with Gasteiger partial charge in [-0.25, -0.2) is 39.3 Å². The first kappa shape index (κ1) is 91.4. The van der Waals surface area contributed by atoms with Gasteiger partial charge in [0, 0.05) is 228 Å².